The van der Waals surface area contributed by atoms with Gasteiger partial charge in [0.15, 0.2) is 11.3 Å². The molecule has 2 rings (SSSR count). The number of rotatable bonds is 2. The number of oxime groups is 1. The smallest absolute Gasteiger partial charge is 0.259 e. The highest BCUT2D eigenvalue weighted by atomic mass is 16.4. The van der Waals surface area contributed by atoms with Crippen molar-refractivity contribution in [1.82, 2.24) is 9.88 Å². The Labute approximate surface area is 109 Å². The Morgan fingerprint density at radius 3 is 3.00 bits per heavy atom. The van der Waals surface area contributed by atoms with Gasteiger partial charge in [-0.3, -0.25) is 9.59 Å². The fourth-order valence-corrected chi connectivity index (χ4v) is 2.29. The molecular formula is C12H16N4O3. The molecule has 1 aliphatic rings. The molecule has 1 aliphatic heterocycles. The summed E-state index contributed by atoms with van der Waals surface area (Å²) in [5.74, 6) is -0.390. The number of aromatic nitrogens is 1. The molecule has 0 spiro atoms. The number of nitrogens with one attached hydrogen (secondary N) is 1. The first-order valence-electron chi connectivity index (χ1n) is 6.10. The molecule has 7 nitrogen and oxygen atoms in total. The quantitative estimate of drug-likeness (QED) is 0.305. The van der Waals surface area contributed by atoms with Crippen molar-refractivity contribution in [2.24, 2.45) is 10.9 Å². The Morgan fingerprint density at radius 2 is 2.32 bits per heavy atom. The first-order valence-corrected chi connectivity index (χ1v) is 6.10. The van der Waals surface area contributed by atoms with Crippen LogP contribution in [0.25, 0.3) is 0 Å². The van der Waals surface area contributed by atoms with Crippen molar-refractivity contribution in [1.29, 1.82) is 0 Å². The first kappa shape index (κ1) is 13.1. The summed E-state index contributed by atoms with van der Waals surface area (Å²) in [5, 5.41) is 11.7. The number of likely N-dealkylation sites (tertiary alicyclic amines) is 1. The normalized spacial score (nSPS) is 20.3. The molecule has 1 amide bonds. The molecule has 1 unspecified atom stereocenters. The standard InChI is InChI=1S/C12H16N4O3/c13-11(15-19)9-3-1-2-6-16(9)12(18)8-7-14-5-4-10(8)17/h4-5,7,9,19H,1-3,6H2,(H2,13,15)(H,14,17). The van der Waals surface area contributed by atoms with Gasteiger partial charge in [0.05, 0.1) is 6.04 Å². The van der Waals surface area contributed by atoms with Crippen LogP contribution < -0.4 is 11.2 Å². The number of piperidine rings is 1. The zero-order valence-electron chi connectivity index (χ0n) is 10.4. The summed E-state index contributed by atoms with van der Waals surface area (Å²) in [4.78, 5) is 28.2. The lowest BCUT2D eigenvalue weighted by Gasteiger charge is -2.34. The largest absolute Gasteiger partial charge is 0.409 e. The number of nitrogens with two attached hydrogens (primary N) is 1. The van der Waals surface area contributed by atoms with Crippen molar-refractivity contribution in [2.45, 2.75) is 25.3 Å². The number of carbonyl (C=O) groups is 1. The van der Waals surface area contributed by atoms with Crippen LogP contribution in [0.1, 0.15) is 29.6 Å². The van der Waals surface area contributed by atoms with Crippen LogP contribution in [0.4, 0.5) is 0 Å². The maximum atomic E-state index is 12.4. The second kappa shape index (κ2) is 5.55. The van der Waals surface area contributed by atoms with E-state index >= 15 is 0 Å². The first-order chi connectivity index (χ1) is 9.15. The maximum absolute atomic E-state index is 12.4. The highest BCUT2D eigenvalue weighted by Gasteiger charge is 2.31. The predicted octanol–water partition coefficient (Wildman–Crippen LogP) is 0.116. The summed E-state index contributed by atoms with van der Waals surface area (Å²) in [6.45, 7) is 0.494. The van der Waals surface area contributed by atoms with E-state index in [0.29, 0.717) is 13.0 Å². The zero-order valence-corrected chi connectivity index (χ0v) is 10.4. The molecule has 0 aromatic carbocycles. The SMILES string of the molecule is N/C(=N/O)C1CCCCN1C(=O)c1c[nH]ccc1=O. The van der Waals surface area contributed by atoms with E-state index in [4.69, 9.17) is 10.9 Å². The Kier molecular flexibility index (Phi) is 3.84. The molecule has 1 aromatic heterocycles. The Bertz CT molecular complexity index is 552. The number of aromatic amines is 1. The minimum Gasteiger partial charge on any atom is -0.409 e. The van der Waals surface area contributed by atoms with E-state index in [1.807, 2.05) is 0 Å². The average Bonchev–Trinajstić information content (AvgIpc) is 2.46. The fraction of sp³-hybridized carbons (Fsp3) is 0.417. The molecule has 0 saturated carbocycles. The van der Waals surface area contributed by atoms with E-state index in [1.54, 1.807) is 0 Å². The Hall–Kier alpha value is -2.31. The molecule has 1 aromatic rings. The van der Waals surface area contributed by atoms with E-state index < -0.39 is 11.9 Å². The number of pyridine rings is 1. The van der Waals surface area contributed by atoms with Crippen molar-refractivity contribution in [3.05, 3.63) is 34.2 Å². The molecule has 1 atom stereocenters. The summed E-state index contributed by atoms with van der Waals surface area (Å²) in [5.41, 5.74) is 5.34. The van der Waals surface area contributed by atoms with Gasteiger partial charge in [-0.25, -0.2) is 0 Å². The van der Waals surface area contributed by atoms with Crippen molar-refractivity contribution in [2.75, 3.05) is 6.54 Å². The molecule has 1 saturated heterocycles. The summed E-state index contributed by atoms with van der Waals surface area (Å²) in [6.07, 6.45) is 5.22. The van der Waals surface area contributed by atoms with Crippen LogP contribution in [0.15, 0.2) is 28.4 Å². The average molecular weight is 264 g/mol. The molecule has 1 fully saturated rings. The van der Waals surface area contributed by atoms with Crippen LogP contribution in [-0.4, -0.2) is 39.4 Å². The highest BCUT2D eigenvalue weighted by Crippen LogP contribution is 2.18. The van der Waals surface area contributed by atoms with Crippen molar-refractivity contribution in [3.8, 4) is 0 Å². The second-order valence-electron chi connectivity index (χ2n) is 4.46. The maximum Gasteiger partial charge on any atom is 0.259 e. The highest BCUT2D eigenvalue weighted by molar-refractivity contribution is 5.98. The Morgan fingerprint density at radius 1 is 1.53 bits per heavy atom. The molecule has 2 heterocycles. The van der Waals surface area contributed by atoms with Gasteiger partial charge >= 0.3 is 0 Å². The molecule has 0 bridgehead atoms. The molecule has 102 valence electrons. The van der Waals surface area contributed by atoms with Crippen LogP contribution in [0.5, 0.6) is 0 Å². The van der Waals surface area contributed by atoms with Gasteiger partial charge in [-0.15, -0.1) is 0 Å². The zero-order chi connectivity index (χ0) is 13.8. The van der Waals surface area contributed by atoms with E-state index in [0.717, 1.165) is 12.8 Å². The topological polar surface area (TPSA) is 112 Å². The van der Waals surface area contributed by atoms with Gasteiger partial charge in [0.2, 0.25) is 0 Å². The molecule has 0 aliphatic carbocycles. The van der Waals surface area contributed by atoms with Gasteiger partial charge < -0.3 is 20.8 Å². The van der Waals surface area contributed by atoms with Gasteiger partial charge in [0.1, 0.15) is 5.56 Å². The summed E-state index contributed by atoms with van der Waals surface area (Å²) in [6, 6.07) is 0.848. The summed E-state index contributed by atoms with van der Waals surface area (Å²) < 4.78 is 0. The number of nitrogens with zero attached hydrogens (tertiary/aromatic N) is 2. The lowest BCUT2D eigenvalue weighted by Crippen LogP contribution is -2.51. The van der Waals surface area contributed by atoms with Gasteiger partial charge in [0.25, 0.3) is 5.91 Å². The number of amidine groups is 1. The van der Waals surface area contributed by atoms with E-state index in [-0.39, 0.29) is 16.8 Å². The molecular weight excluding hydrogens is 248 g/mol. The minimum absolute atomic E-state index is 0.000379. The minimum atomic E-state index is -0.453. The van der Waals surface area contributed by atoms with Crippen LogP contribution in [-0.2, 0) is 0 Å². The van der Waals surface area contributed by atoms with E-state index in [2.05, 4.69) is 10.1 Å². The summed E-state index contributed by atoms with van der Waals surface area (Å²) >= 11 is 0. The molecule has 4 N–H and O–H groups in total. The molecule has 0 radical (unpaired) electrons. The van der Waals surface area contributed by atoms with E-state index in [1.165, 1.54) is 23.4 Å². The van der Waals surface area contributed by atoms with Crippen LogP contribution in [0.2, 0.25) is 0 Å². The van der Waals surface area contributed by atoms with Gasteiger partial charge in [-0.05, 0) is 19.3 Å². The third-order valence-electron chi connectivity index (χ3n) is 3.28. The van der Waals surface area contributed by atoms with Crippen molar-refractivity contribution < 1.29 is 10.0 Å². The monoisotopic (exact) mass is 264 g/mol. The predicted molar refractivity (Wildman–Crippen MR) is 69.1 cm³/mol. The van der Waals surface area contributed by atoms with Crippen LogP contribution >= 0.6 is 0 Å². The Balaban J connectivity index is 2.31. The fourth-order valence-electron chi connectivity index (χ4n) is 2.29. The summed E-state index contributed by atoms with van der Waals surface area (Å²) in [7, 11) is 0. The number of H-pyrrole nitrogens is 1. The third kappa shape index (κ3) is 2.59. The lowest BCUT2D eigenvalue weighted by molar-refractivity contribution is 0.0675. The van der Waals surface area contributed by atoms with Crippen molar-refractivity contribution >= 4 is 11.7 Å². The number of amides is 1. The van der Waals surface area contributed by atoms with Crippen LogP contribution in [0, 0.1) is 0 Å². The number of carbonyl (C=O) groups excluding carboxylic acids is 1. The lowest BCUT2D eigenvalue weighted by atomic mass is 10.00. The third-order valence-corrected chi connectivity index (χ3v) is 3.28. The van der Waals surface area contributed by atoms with E-state index in [9.17, 15) is 9.59 Å². The van der Waals surface area contributed by atoms with Gasteiger partial charge in [-0.1, -0.05) is 5.16 Å². The van der Waals surface area contributed by atoms with Gasteiger partial charge in [0, 0.05) is 25.0 Å². The van der Waals surface area contributed by atoms with Crippen LogP contribution in [0.3, 0.4) is 0 Å². The number of hydrogen-bond acceptors (Lipinski definition) is 4. The molecule has 7 heteroatoms. The molecule has 19 heavy (non-hydrogen) atoms. The van der Waals surface area contributed by atoms with Crippen molar-refractivity contribution in [3.63, 3.8) is 0 Å². The number of hydrogen-bond donors (Lipinski definition) is 3. The second-order valence-corrected chi connectivity index (χ2v) is 4.46. The van der Waals surface area contributed by atoms with Gasteiger partial charge in [-0.2, -0.15) is 0 Å².